The lowest BCUT2D eigenvalue weighted by Gasteiger charge is -2.10. The van der Waals surface area contributed by atoms with Gasteiger partial charge in [-0.2, -0.15) is 0 Å². The van der Waals surface area contributed by atoms with E-state index >= 15 is 0 Å². The van der Waals surface area contributed by atoms with Gasteiger partial charge in [0.15, 0.2) is 5.82 Å². The van der Waals surface area contributed by atoms with Crippen molar-refractivity contribution in [2.45, 2.75) is 13.1 Å². The summed E-state index contributed by atoms with van der Waals surface area (Å²) in [5.41, 5.74) is 3.61. The first-order valence-electron chi connectivity index (χ1n) is 9.31. The largest absolute Gasteiger partial charge is 0.478 e. The Morgan fingerprint density at radius 2 is 1.60 bits per heavy atom. The van der Waals surface area contributed by atoms with E-state index in [1.54, 1.807) is 12.1 Å². The predicted octanol–water partition coefficient (Wildman–Crippen LogP) is 4.37. The van der Waals surface area contributed by atoms with E-state index in [2.05, 4.69) is 10.3 Å². The van der Waals surface area contributed by atoms with E-state index in [1.807, 2.05) is 53.1 Å². The lowest BCUT2D eigenvalue weighted by molar-refractivity contribution is 0.0696. The maximum atomic E-state index is 12.9. The zero-order chi connectivity index (χ0) is 21.1. The second-order valence-corrected chi connectivity index (χ2v) is 7.26. The van der Waals surface area contributed by atoms with Gasteiger partial charge in [-0.3, -0.25) is 4.79 Å². The first-order valence-corrected chi connectivity index (χ1v) is 9.69. The van der Waals surface area contributed by atoms with Crippen molar-refractivity contribution < 1.29 is 14.7 Å². The Morgan fingerprint density at radius 3 is 2.30 bits per heavy atom. The number of aromatic nitrogens is 2. The fourth-order valence-electron chi connectivity index (χ4n) is 3.21. The third-order valence-corrected chi connectivity index (χ3v) is 5.02. The molecule has 0 saturated heterocycles. The van der Waals surface area contributed by atoms with E-state index in [0.29, 0.717) is 17.4 Å². The summed E-state index contributed by atoms with van der Waals surface area (Å²) in [4.78, 5) is 28.4. The highest BCUT2D eigenvalue weighted by atomic mass is 35.5. The molecule has 1 amide bonds. The van der Waals surface area contributed by atoms with Gasteiger partial charge in [0.25, 0.3) is 5.91 Å². The fourth-order valence-corrected chi connectivity index (χ4v) is 3.33. The Bertz CT molecular complexity index is 1210. The number of carbonyl (C=O) groups excluding carboxylic acids is 1. The van der Waals surface area contributed by atoms with Crippen molar-refractivity contribution in [3.63, 3.8) is 0 Å². The molecule has 3 aromatic carbocycles. The van der Waals surface area contributed by atoms with Crippen LogP contribution in [0.5, 0.6) is 0 Å². The summed E-state index contributed by atoms with van der Waals surface area (Å²) in [6, 6.07) is 21.5. The summed E-state index contributed by atoms with van der Waals surface area (Å²) >= 11 is 5.98. The molecule has 0 aliphatic carbocycles. The average molecular weight is 420 g/mol. The van der Waals surface area contributed by atoms with Crippen molar-refractivity contribution in [1.82, 2.24) is 14.9 Å². The van der Waals surface area contributed by atoms with Crippen molar-refractivity contribution in [2.24, 2.45) is 0 Å². The SMILES string of the molecule is O=C(O)c1ccc(CNC(=O)c2nc3ccccc3n2Cc2ccc(Cl)cc2)cc1. The minimum atomic E-state index is -0.985. The smallest absolute Gasteiger partial charge is 0.335 e. The topological polar surface area (TPSA) is 84.2 Å². The molecule has 1 heterocycles. The number of hydrogen-bond donors (Lipinski definition) is 2. The number of nitrogens with one attached hydrogen (secondary N) is 1. The molecule has 0 aliphatic rings. The van der Waals surface area contributed by atoms with Crippen LogP contribution >= 0.6 is 11.6 Å². The van der Waals surface area contributed by atoms with Crippen LogP contribution in [0.3, 0.4) is 0 Å². The number of imidazole rings is 1. The third-order valence-electron chi connectivity index (χ3n) is 4.77. The van der Waals surface area contributed by atoms with Gasteiger partial charge >= 0.3 is 5.97 Å². The van der Waals surface area contributed by atoms with E-state index in [9.17, 15) is 9.59 Å². The minimum absolute atomic E-state index is 0.204. The number of carboxylic acid groups (broad SMARTS) is 1. The number of rotatable bonds is 6. The van der Waals surface area contributed by atoms with Gasteiger partial charge in [-0.05, 0) is 47.5 Å². The number of aromatic carboxylic acids is 1. The molecular weight excluding hydrogens is 402 g/mol. The van der Waals surface area contributed by atoms with Crippen molar-refractivity contribution >= 4 is 34.5 Å². The molecule has 6 nitrogen and oxygen atoms in total. The number of carboxylic acids is 1. The Hall–Kier alpha value is -3.64. The number of amides is 1. The van der Waals surface area contributed by atoms with E-state index in [-0.39, 0.29) is 18.0 Å². The van der Waals surface area contributed by atoms with Gasteiger partial charge in [0.05, 0.1) is 16.6 Å². The van der Waals surface area contributed by atoms with Gasteiger partial charge in [-0.1, -0.05) is 48.0 Å². The summed E-state index contributed by atoms with van der Waals surface area (Å²) < 4.78 is 1.88. The van der Waals surface area contributed by atoms with Crippen LogP contribution in [0.25, 0.3) is 11.0 Å². The molecule has 0 saturated carbocycles. The van der Waals surface area contributed by atoms with Crippen LogP contribution in [-0.2, 0) is 13.1 Å². The van der Waals surface area contributed by atoms with E-state index < -0.39 is 5.97 Å². The third kappa shape index (κ3) is 4.18. The second kappa shape index (κ2) is 8.39. The molecule has 0 unspecified atom stereocenters. The van der Waals surface area contributed by atoms with Gasteiger partial charge in [0, 0.05) is 18.1 Å². The highest BCUT2D eigenvalue weighted by Crippen LogP contribution is 2.19. The highest BCUT2D eigenvalue weighted by molar-refractivity contribution is 6.30. The first-order chi connectivity index (χ1) is 14.5. The van der Waals surface area contributed by atoms with E-state index in [4.69, 9.17) is 16.7 Å². The molecule has 4 rings (SSSR count). The van der Waals surface area contributed by atoms with Gasteiger partial charge in [0.1, 0.15) is 0 Å². The summed E-state index contributed by atoms with van der Waals surface area (Å²) in [7, 11) is 0. The molecular formula is C23H18ClN3O3. The van der Waals surface area contributed by atoms with Crippen molar-refractivity contribution in [3.05, 3.63) is 100 Å². The molecule has 0 bridgehead atoms. The zero-order valence-corrected chi connectivity index (χ0v) is 16.6. The maximum absolute atomic E-state index is 12.9. The lowest BCUT2D eigenvalue weighted by Crippen LogP contribution is -2.26. The number of carbonyl (C=O) groups is 2. The van der Waals surface area contributed by atoms with Gasteiger partial charge in [0.2, 0.25) is 0 Å². The summed E-state index contributed by atoms with van der Waals surface area (Å²) in [6.07, 6.45) is 0. The van der Waals surface area contributed by atoms with Crippen molar-refractivity contribution in [3.8, 4) is 0 Å². The quantitative estimate of drug-likeness (QED) is 0.486. The molecule has 0 aliphatic heterocycles. The van der Waals surface area contributed by atoms with Crippen LogP contribution in [0.2, 0.25) is 5.02 Å². The number of hydrogen-bond acceptors (Lipinski definition) is 3. The summed E-state index contributed by atoms with van der Waals surface area (Å²) in [5, 5.41) is 12.5. The molecule has 0 spiro atoms. The molecule has 1 aromatic heterocycles. The fraction of sp³-hybridized carbons (Fsp3) is 0.0870. The van der Waals surface area contributed by atoms with Crippen LogP contribution in [0.1, 0.15) is 32.1 Å². The number of benzene rings is 3. The zero-order valence-electron chi connectivity index (χ0n) is 15.9. The minimum Gasteiger partial charge on any atom is -0.478 e. The van der Waals surface area contributed by atoms with Crippen LogP contribution in [0.4, 0.5) is 0 Å². The van der Waals surface area contributed by atoms with Crippen LogP contribution in [-0.4, -0.2) is 26.5 Å². The Morgan fingerprint density at radius 1 is 0.933 bits per heavy atom. The Balaban J connectivity index is 1.58. The molecule has 2 N–H and O–H groups in total. The monoisotopic (exact) mass is 419 g/mol. The van der Waals surface area contributed by atoms with Crippen molar-refractivity contribution in [2.75, 3.05) is 0 Å². The lowest BCUT2D eigenvalue weighted by atomic mass is 10.1. The number of para-hydroxylation sites is 2. The van der Waals surface area contributed by atoms with Gasteiger partial charge in [-0.15, -0.1) is 0 Å². The molecule has 4 aromatic rings. The number of halogens is 1. The van der Waals surface area contributed by atoms with E-state index in [0.717, 1.165) is 22.2 Å². The number of nitrogens with zero attached hydrogens (tertiary/aromatic N) is 2. The predicted molar refractivity (Wildman–Crippen MR) is 115 cm³/mol. The van der Waals surface area contributed by atoms with E-state index in [1.165, 1.54) is 12.1 Å². The van der Waals surface area contributed by atoms with Crippen molar-refractivity contribution in [1.29, 1.82) is 0 Å². The van der Waals surface area contributed by atoms with Crippen LogP contribution in [0.15, 0.2) is 72.8 Å². The first kappa shape index (κ1) is 19.7. The highest BCUT2D eigenvalue weighted by Gasteiger charge is 2.17. The maximum Gasteiger partial charge on any atom is 0.335 e. The summed E-state index contributed by atoms with van der Waals surface area (Å²) in [5.74, 6) is -0.975. The molecule has 0 radical (unpaired) electrons. The molecule has 30 heavy (non-hydrogen) atoms. The Kier molecular flexibility index (Phi) is 5.50. The average Bonchev–Trinajstić information content (AvgIpc) is 3.12. The van der Waals surface area contributed by atoms with Gasteiger partial charge in [-0.25, -0.2) is 9.78 Å². The summed E-state index contributed by atoms with van der Waals surface area (Å²) in [6.45, 7) is 0.747. The van der Waals surface area contributed by atoms with Gasteiger partial charge < -0.3 is 15.0 Å². The molecule has 150 valence electrons. The van der Waals surface area contributed by atoms with Crippen LogP contribution in [0, 0.1) is 0 Å². The number of fused-ring (bicyclic) bond motifs is 1. The molecule has 0 fully saturated rings. The Labute approximate surface area is 177 Å². The molecule has 0 atom stereocenters. The second-order valence-electron chi connectivity index (χ2n) is 6.82. The standard InChI is InChI=1S/C23H18ClN3O3/c24-18-11-7-16(8-12-18)14-27-20-4-2-1-3-19(20)26-21(27)22(28)25-13-15-5-9-17(10-6-15)23(29)30/h1-12H,13-14H2,(H,25,28)(H,29,30). The van der Waals surface area contributed by atoms with Crippen LogP contribution < -0.4 is 5.32 Å². The normalized spacial score (nSPS) is 10.8. The molecule has 7 heteroatoms.